The Labute approximate surface area is 163 Å². The number of benzene rings is 3. The molecule has 1 N–H and O–H groups in total. The molecule has 3 aromatic carbocycles. The molecule has 1 aliphatic heterocycles. The van der Waals surface area contributed by atoms with Crippen molar-refractivity contribution >= 4 is 34.0 Å². The van der Waals surface area contributed by atoms with Crippen LogP contribution in [0.5, 0.6) is 0 Å². The van der Waals surface area contributed by atoms with Crippen molar-refractivity contribution in [1.82, 2.24) is 0 Å². The number of nitrogens with zero attached hydrogens (tertiary/aromatic N) is 1. The molecule has 0 aliphatic carbocycles. The molecule has 0 saturated heterocycles. The number of anilines is 2. The number of rotatable bonds is 4. The van der Waals surface area contributed by atoms with E-state index in [0.29, 0.717) is 17.8 Å². The van der Waals surface area contributed by atoms with E-state index in [2.05, 4.69) is 5.32 Å². The van der Waals surface area contributed by atoms with Gasteiger partial charge in [0.25, 0.3) is 11.8 Å². The van der Waals surface area contributed by atoms with Crippen LogP contribution >= 0.6 is 0 Å². The maximum Gasteiger partial charge on any atom is 0.255 e. The minimum atomic E-state index is -0.170. The van der Waals surface area contributed by atoms with Crippen LogP contribution in [0.25, 0.3) is 10.8 Å². The standard InChI is InChI=1S/C23H22N2O3/c1-28-15-22(26)25-12-4-7-17-10-11-20(14-21(17)25)24-23(27)19-9-8-16-5-2-3-6-18(16)13-19/h2-3,5-6,8-11,13-14H,4,7,12,15H2,1H3,(H,24,27). The van der Waals surface area contributed by atoms with Gasteiger partial charge in [-0.05, 0) is 53.4 Å². The predicted molar refractivity (Wildman–Crippen MR) is 111 cm³/mol. The molecular weight excluding hydrogens is 352 g/mol. The monoisotopic (exact) mass is 374 g/mol. The van der Waals surface area contributed by atoms with Crippen molar-refractivity contribution in [2.24, 2.45) is 0 Å². The highest BCUT2D eigenvalue weighted by molar-refractivity contribution is 6.07. The van der Waals surface area contributed by atoms with E-state index < -0.39 is 0 Å². The molecule has 5 heteroatoms. The van der Waals surface area contributed by atoms with Crippen LogP contribution in [-0.2, 0) is 16.0 Å². The van der Waals surface area contributed by atoms with E-state index in [1.807, 2.05) is 60.7 Å². The summed E-state index contributed by atoms with van der Waals surface area (Å²) in [4.78, 5) is 26.8. The van der Waals surface area contributed by atoms with Crippen LogP contribution in [0.3, 0.4) is 0 Å². The molecule has 0 saturated carbocycles. The van der Waals surface area contributed by atoms with Gasteiger partial charge < -0.3 is 15.0 Å². The van der Waals surface area contributed by atoms with Gasteiger partial charge in [-0.3, -0.25) is 9.59 Å². The van der Waals surface area contributed by atoms with Crippen LogP contribution < -0.4 is 10.2 Å². The summed E-state index contributed by atoms with van der Waals surface area (Å²) in [5.74, 6) is -0.238. The fourth-order valence-electron chi connectivity index (χ4n) is 3.65. The van der Waals surface area contributed by atoms with Gasteiger partial charge in [-0.25, -0.2) is 0 Å². The van der Waals surface area contributed by atoms with E-state index >= 15 is 0 Å². The summed E-state index contributed by atoms with van der Waals surface area (Å²) in [7, 11) is 1.52. The lowest BCUT2D eigenvalue weighted by molar-refractivity contribution is -0.122. The Morgan fingerprint density at radius 2 is 1.86 bits per heavy atom. The summed E-state index contributed by atoms with van der Waals surface area (Å²) < 4.78 is 5.00. The molecule has 28 heavy (non-hydrogen) atoms. The highest BCUT2D eigenvalue weighted by atomic mass is 16.5. The number of methoxy groups -OCH3 is 1. The molecular formula is C23H22N2O3. The summed E-state index contributed by atoms with van der Waals surface area (Å²) in [5.41, 5.74) is 3.24. The van der Waals surface area contributed by atoms with E-state index in [9.17, 15) is 9.59 Å². The first-order valence-corrected chi connectivity index (χ1v) is 9.38. The molecule has 0 spiro atoms. The molecule has 1 aliphatic rings. The number of hydrogen-bond donors (Lipinski definition) is 1. The first-order valence-electron chi connectivity index (χ1n) is 9.38. The summed E-state index contributed by atoms with van der Waals surface area (Å²) >= 11 is 0. The second-order valence-electron chi connectivity index (χ2n) is 6.94. The molecule has 0 atom stereocenters. The Bertz CT molecular complexity index is 1040. The lowest BCUT2D eigenvalue weighted by atomic mass is 10.0. The van der Waals surface area contributed by atoms with E-state index in [1.165, 1.54) is 7.11 Å². The SMILES string of the molecule is COCC(=O)N1CCCc2ccc(NC(=O)c3ccc4ccccc4c3)cc21. The Morgan fingerprint density at radius 3 is 2.68 bits per heavy atom. The van der Waals surface area contributed by atoms with Crippen molar-refractivity contribution in [3.63, 3.8) is 0 Å². The molecule has 4 rings (SSSR count). The predicted octanol–water partition coefficient (Wildman–Crippen LogP) is 4.02. The average Bonchev–Trinajstić information content (AvgIpc) is 2.73. The van der Waals surface area contributed by atoms with Gasteiger partial charge in [-0.15, -0.1) is 0 Å². The molecule has 2 amide bonds. The second-order valence-corrected chi connectivity index (χ2v) is 6.94. The maximum absolute atomic E-state index is 12.7. The fraction of sp³-hybridized carbons (Fsp3) is 0.217. The van der Waals surface area contributed by atoms with Crippen LogP contribution in [0.1, 0.15) is 22.3 Å². The molecule has 0 unspecified atom stereocenters. The number of carbonyl (C=O) groups is 2. The molecule has 1 heterocycles. The average molecular weight is 374 g/mol. The lowest BCUT2D eigenvalue weighted by Gasteiger charge is -2.30. The molecule has 142 valence electrons. The van der Waals surface area contributed by atoms with Gasteiger partial charge in [0.1, 0.15) is 6.61 Å². The number of fused-ring (bicyclic) bond motifs is 2. The van der Waals surface area contributed by atoms with E-state index in [4.69, 9.17) is 4.74 Å². The van der Waals surface area contributed by atoms with Crippen molar-refractivity contribution < 1.29 is 14.3 Å². The normalized spacial score (nSPS) is 13.2. The zero-order valence-electron chi connectivity index (χ0n) is 15.8. The van der Waals surface area contributed by atoms with Gasteiger partial charge >= 0.3 is 0 Å². The first kappa shape index (κ1) is 18.2. The molecule has 5 nitrogen and oxygen atoms in total. The van der Waals surface area contributed by atoms with E-state index in [-0.39, 0.29) is 18.4 Å². The summed E-state index contributed by atoms with van der Waals surface area (Å²) in [6.45, 7) is 0.713. The van der Waals surface area contributed by atoms with Crippen molar-refractivity contribution in [3.8, 4) is 0 Å². The number of ether oxygens (including phenoxy) is 1. The Morgan fingerprint density at radius 1 is 1.04 bits per heavy atom. The minimum absolute atomic E-state index is 0.0487. The van der Waals surface area contributed by atoms with Crippen LogP contribution in [0.15, 0.2) is 60.7 Å². The molecule has 0 bridgehead atoms. The molecule has 0 fully saturated rings. The van der Waals surface area contributed by atoms with Crippen molar-refractivity contribution in [3.05, 3.63) is 71.8 Å². The first-order chi connectivity index (χ1) is 13.7. The number of hydrogen-bond acceptors (Lipinski definition) is 3. The van der Waals surface area contributed by atoms with Crippen molar-refractivity contribution in [2.45, 2.75) is 12.8 Å². The van der Waals surface area contributed by atoms with Crippen LogP contribution in [-0.4, -0.2) is 32.1 Å². The fourth-order valence-corrected chi connectivity index (χ4v) is 3.65. The quantitative estimate of drug-likeness (QED) is 0.750. The minimum Gasteiger partial charge on any atom is -0.375 e. The third-order valence-corrected chi connectivity index (χ3v) is 5.04. The maximum atomic E-state index is 12.7. The smallest absolute Gasteiger partial charge is 0.255 e. The van der Waals surface area contributed by atoms with Gasteiger partial charge in [0.05, 0.1) is 0 Å². The van der Waals surface area contributed by atoms with Crippen molar-refractivity contribution in [1.29, 1.82) is 0 Å². The summed E-state index contributed by atoms with van der Waals surface area (Å²) in [5, 5.41) is 5.08. The Hall–Kier alpha value is -3.18. The third-order valence-electron chi connectivity index (χ3n) is 5.04. The van der Waals surface area contributed by atoms with Crippen LogP contribution in [0.2, 0.25) is 0 Å². The van der Waals surface area contributed by atoms with Gasteiger partial charge in [-0.1, -0.05) is 36.4 Å². The van der Waals surface area contributed by atoms with Crippen LogP contribution in [0, 0.1) is 0 Å². The van der Waals surface area contributed by atoms with Gasteiger partial charge in [-0.2, -0.15) is 0 Å². The largest absolute Gasteiger partial charge is 0.375 e. The second kappa shape index (κ2) is 7.82. The molecule has 0 radical (unpaired) electrons. The Kier molecular flexibility index (Phi) is 5.08. The zero-order valence-corrected chi connectivity index (χ0v) is 15.8. The topological polar surface area (TPSA) is 58.6 Å². The third kappa shape index (κ3) is 3.62. The van der Waals surface area contributed by atoms with E-state index in [0.717, 1.165) is 34.9 Å². The number of aryl methyl sites for hydroxylation is 1. The van der Waals surface area contributed by atoms with E-state index in [1.54, 1.807) is 4.90 Å². The number of amides is 2. The Balaban J connectivity index is 1.58. The van der Waals surface area contributed by atoms with Gasteiger partial charge in [0, 0.05) is 30.6 Å². The number of carbonyl (C=O) groups excluding carboxylic acids is 2. The number of nitrogens with one attached hydrogen (secondary N) is 1. The van der Waals surface area contributed by atoms with Crippen LogP contribution in [0.4, 0.5) is 11.4 Å². The summed E-state index contributed by atoms with van der Waals surface area (Å²) in [6, 6.07) is 19.4. The van der Waals surface area contributed by atoms with Gasteiger partial charge in [0.2, 0.25) is 0 Å². The summed E-state index contributed by atoms with van der Waals surface area (Å²) in [6.07, 6.45) is 1.84. The zero-order chi connectivity index (χ0) is 19.5. The lowest BCUT2D eigenvalue weighted by Crippen LogP contribution is -2.37. The molecule has 0 aromatic heterocycles. The highest BCUT2D eigenvalue weighted by Crippen LogP contribution is 2.30. The highest BCUT2D eigenvalue weighted by Gasteiger charge is 2.23. The van der Waals surface area contributed by atoms with Gasteiger partial charge in [0.15, 0.2) is 0 Å². The molecule has 3 aromatic rings. The van der Waals surface area contributed by atoms with Crippen molar-refractivity contribution in [2.75, 3.05) is 30.5 Å².